The van der Waals surface area contributed by atoms with Crippen LogP contribution in [0.25, 0.3) is 0 Å². The number of ether oxygens (including phenoxy) is 2. The highest BCUT2D eigenvalue weighted by molar-refractivity contribution is 5.92. The van der Waals surface area contributed by atoms with Gasteiger partial charge < -0.3 is 14.8 Å². The summed E-state index contributed by atoms with van der Waals surface area (Å²) in [4.78, 5) is 25.1. The van der Waals surface area contributed by atoms with Gasteiger partial charge in [-0.3, -0.25) is 19.8 Å². The number of methoxy groups -OCH3 is 1. The molecule has 1 amide bonds. The first kappa shape index (κ1) is 24.0. The fourth-order valence-corrected chi connectivity index (χ4v) is 3.11. The van der Waals surface area contributed by atoms with Crippen molar-refractivity contribution >= 4 is 17.3 Å². The number of benzene rings is 2. The van der Waals surface area contributed by atoms with Crippen LogP contribution in [-0.4, -0.2) is 42.5 Å². The van der Waals surface area contributed by atoms with E-state index >= 15 is 0 Å². The van der Waals surface area contributed by atoms with Crippen molar-refractivity contribution in [1.29, 1.82) is 0 Å². The molecule has 31 heavy (non-hydrogen) atoms. The lowest BCUT2D eigenvalue weighted by molar-refractivity contribution is -0.385. The minimum Gasteiger partial charge on any atom is -0.493 e. The number of hydrogen-bond acceptors (Lipinski definition) is 6. The van der Waals surface area contributed by atoms with Crippen LogP contribution in [0.4, 0.5) is 20.2 Å². The molecule has 10 heteroatoms. The molecular formula is C21H25F2N3O5. The fourth-order valence-electron chi connectivity index (χ4n) is 3.11. The minimum atomic E-state index is -3.15. The molecular weight excluding hydrogens is 412 g/mol. The van der Waals surface area contributed by atoms with Crippen LogP contribution in [0.15, 0.2) is 36.4 Å². The van der Waals surface area contributed by atoms with E-state index in [1.807, 2.05) is 32.0 Å². The molecule has 0 atom stereocenters. The third kappa shape index (κ3) is 6.88. The van der Waals surface area contributed by atoms with Crippen LogP contribution in [-0.2, 0) is 11.3 Å². The van der Waals surface area contributed by atoms with Crippen molar-refractivity contribution < 1.29 is 28.0 Å². The van der Waals surface area contributed by atoms with Crippen molar-refractivity contribution in [1.82, 2.24) is 4.90 Å². The van der Waals surface area contributed by atoms with E-state index in [0.29, 0.717) is 18.7 Å². The Hall–Kier alpha value is -3.27. The molecule has 8 nitrogen and oxygen atoms in total. The highest BCUT2D eigenvalue weighted by Crippen LogP contribution is 2.36. The third-order valence-electron chi connectivity index (χ3n) is 4.50. The van der Waals surface area contributed by atoms with Crippen LogP contribution in [0.5, 0.6) is 11.5 Å². The second-order valence-electron chi connectivity index (χ2n) is 6.84. The molecule has 0 saturated heterocycles. The molecule has 1 N–H and O–H groups in total. The van der Waals surface area contributed by atoms with Crippen LogP contribution < -0.4 is 14.8 Å². The standard InChI is InChI=1S/C21H25F2N3O5/c1-4-9-25(13-20(27)24-16-8-6-5-7-14(16)2)12-15-10-18(30-3)19(31-21(22)23)11-17(15)26(28)29/h5-8,10-11,21H,4,9,12-13H2,1-3H3,(H,24,27). The number of carbonyl (C=O) groups excluding carboxylic acids is 1. The molecule has 0 saturated carbocycles. The predicted molar refractivity (Wildman–Crippen MR) is 112 cm³/mol. The van der Waals surface area contributed by atoms with Crippen molar-refractivity contribution in [2.24, 2.45) is 0 Å². The Labute approximate surface area is 178 Å². The number of nitro benzene ring substituents is 1. The molecule has 168 valence electrons. The smallest absolute Gasteiger partial charge is 0.387 e. The highest BCUT2D eigenvalue weighted by atomic mass is 19.3. The predicted octanol–water partition coefficient (Wildman–Crippen LogP) is 4.36. The first-order valence-electron chi connectivity index (χ1n) is 9.63. The number of nitrogens with zero attached hydrogens (tertiary/aromatic N) is 2. The fraction of sp³-hybridized carbons (Fsp3) is 0.381. The summed E-state index contributed by atoms with van der Waals surface area (Å²) in [5.41, 5.74) is 1.43. The number of para-hydroxylation sites is 1. The summed E-state index contributed by atoms with van der Waals surface area (Å²) in [6.07, 6.45) is 0.704. The van der Waals surface area contributed by atoms with E-state index in [9.17, 15) is 23.7 Å². The number of nitrogens with one attached hydrogen (secondary N) is 1. The summed E-state index contributed by atoms with van der Waals surface area (Å²) in [5.74, 6) is -0.746. The lowest BCUT2D eigenvalue weighted by atomic mass is 10.1. The zero-order chi connectivity index (χ0) is 23.0. The normalized spacial score (nSPS) is 10.9. The Morgan fingerprint density at radius 1 is 1.26 bits per heavy atom. The molecule has 0 bridgehead atoms. The van der Waals surface area contributed by atoms with E-state index in [4.69, 9.17) is 4.74 Å². The van der Waals surface area contributed by atoms with E-state index < -0.39 is 23.0 Å². The zero-order valence-electron chi connectivity index (χ0n) is 17.6. The highest BCUT2D eigenvalue weighted by Gasteiger charge is 2.24. The number of carbonyl (C=O) groups is 1. The van der Waals surface area contributed by atoms with E-state index in [0.717, 1.165) is 11.6 Å². The molecule has 0 radical (unpaired) electrons. The number of nitro groups is 1. The number of alkyl halides is 2. The lowest BCUT2D eigenvalue weighted by Crippen LogP contribution is -2.33. The maximum absolute atomic E-state index is 12.6. The maximum atomic E-state index is 12.6. The molecule has 0 spiro atoms. The Morgan fingerprint density at radius 2 is 1.97 bits per heavy atom. The van der Waals surface area contributed by atoms with E-state index in [-0.39, 0.29) is 30.3 Å². The molecule has 0 unspecified atom stereocenters. The first-order valence-corrected chi connectivity index (χ1v) is 9.63. The van der Waals surface area contributed by atoms with Crippen molar-refractivity contribution in [3.05, 3.63) is 57.6 Å². The number of anilines is 1. The summed E-state index contributed by atoms with van der Waals surface area (Å²) < 4.78 is 34.7. The SMILES string of the molecule is CCCN(CC(=O)Nc1ccccc1C)Cc1cc(OC)c(OC(F)F)cc1[N+](=O)[O-]. The maximum Gasteiger partial charge on any atom is 0.387 e. The second-order valence-corrected chi connectivity index (χ2v) is 6.84. The van der Waals surface area contributed by atoms with Crippen molar-refractivity contribution in [3.8, 4) is 11.5 Å². The zero-order valence-corrected chi connectivity index (χ0v) is 17.6. The quantitative estimate of drug-likeness (QED) is 0.415. The van der Waals surface area contributed by atoms with E-state index in [1.165, 1.54) is 13.2 Å². The summed E-state index contributed by atoms with van der Waals surface area (Å²) in [6, 6.07) is 9.54. The van der Waals surface area contributed by atoms with Crippen molar-refractivity contribution in [2.45, 2.75) is 33.4 Å². The van der Waals surface area contributed by atoms with Crippen molar-refractivity contribution in [2.75, 3.05) is 25.5 Å². The second kappa shape index (κ2) is 11.2. The number of rotatable bonds is 11. The van der Waals surface area contributed by atoms with Gasteiger partial charge in [0.2, 0.25) is 5.91 Å². The number of hydrogen-bond donors (Lipinski definition) is 1. The van der Waals surface area contributed by atoms with E-state index in [1.54, 1.807) is 11.0 Å². The molecule has 0 aliphatic rings. The van der Waals surface area contributed by atoms with Gasteiger partial charge in [0.1, 0.15) is 0 Å². The van der Waals surface area contributed by atoms with E-state index in [2.05, 4.69) is 10.1 Å². The molecule has 0 heterocycles. The molecule has 0 fully saturated rings. The van der Waals surface area contributed by atoms with Crippen LogP contribution >= 0.6 is 0 Å². The van der Waals surface area contributed by atoms with Gasteiger partial charge in [0.05, 0.1) is 24.6 Å². The molecule has 0 aliphatic heterocycles. The van der Waals surface area contributed by atoms with Gasteiger partial charge in [0, 0.05) is 17.8 Å². The largest absolute Gasteiger partial charge is 0.493 e. The summed E-state index contributed by atoms with van der Waals surface area (Å²) >= 11 is 0. The molecule has 0 aromatic heterocycles. The summed E-state index contributed by atoms with van der Waals surface area (Å²) in [7, 11) is 1.25. The number of aryl methyl sites for hydroxylation is 1. The van der Waals surface area contributed by atoms with Crippen LogP contribution in [0.3, 0.4) is 0 Å². The number of halogens is 2. The van der Waals surface area contributed by atoms with Gasteiger partial charge in [0.25, 0.3) is 5.69 Å². The molecule has 2 aromatic rings. The Kier molecular flexibility index (Phi) is 8.68. The topological polar surface area (TPSA) is 93.9 Å². The van der Waals surface area contributed by atoms with Crippen LogP contribution in [0, 0.1) is 17.0 Å². The summed E-state index contributed by atoms with van der Waals surface area (Å²) in [5, 5.41) is 14.4. The Balaban J connectivity index is 2.25. The molecule has 2 rings (SSSR count). The van der Waals surface area contributed by atoms with Gasteiger partial charge in [-0.15, -0.1) is 0 Å². The third-order valence-corrected chi connectivity index (χ3v) is 4.50. The molecule has 2 aromatic carbocycles. The van der Waals surface area contributed by atoms with Gasteiger partial charge >= 0.3 is 6.61 Å². The summed E-state index contributed by atoms with van der Waals surface area (Å²) in [6.45, 7) is 1.18. The van der Waals surface area contributed by atoms with Crippen LogP contribution in [0.2, 0.25) is 0 Å². The van der Waals surface area contributed by atoms with Crippen molar-refractivity contribution in [3.63, 3.8) is 0 Å². The number of amides is 1. The monoisotopic (exact) mass is 437 g/mol. The van der Waals surface area contributed by atoms with Gasteiger partial charge in [-0.2, -0.15) is 8.78 Å². The lowest BCUT2D eigenvalue weighted by Gasteiger charge is -2.22. The Bertz CT molecular complexity index is 924. The molecule has 0 aliphatic carbocycles. The Morgan fingerprint density at radius 3 is 2.55 bits per heavy atom. The average molecular weight is 437 g/mol. The van der Waals surface area contributed by atoms with Gasteiger partial charge in [-0.1, -0.05) is 25.1 Å². The van der Waals surface area contributed by atoms with Gasteiger partial charge in [-0.25, -0.2) is 0 Å². The van der Waals surface area contributed by atoms with Gasteiger partial charge in [0.15, 0.2) is 11.5 Å². The first-order chi connectivity index (χ1) is 14.7. The van der Waals surface area contributed by atoms with Gasteiger partial charge in [-0.05, 0) is 37.6 Å². The van der Waals surface area contributed by atoms with Crippen LogP contribution in [0.1, 0.15) is 24.5 Å². The minimum absolute atomic E-state index is 0.00305. The average Bonchev–Trinajstić information content (AvgIpc) is 2.70.